The van der Waals surface area contributed by atoms with Crippen LogP contribution in [0.25, 0.3) is 0 Å². The van der Waals surface area contributed by atoms with Gasteiger partial charge in [-0.15, -0.1) is 0 Å². The summed E-state index contributed by atoms with van der Waals surface area (Å²) in [4.78, 5) is 0. The number of aryl methyl sites for hydroxylation is 1. The van der Waals surface area contributed by atoms with Crippen LogP contribution in [0.1, 0.15) is 30.9 Å². The Labute approximate surface area is 79.1 Å². The van der Waals surface area contributed by atoms with Gasteiger partial charge in [0.2, 0.25) is 0 Å². The largest absolute Gasteiger partial charge is 0.317 e. The maximum absolute atomic E-state index is 4.37. The van der Waals surface area contributed by atoms with E-state index < -0.39 is 0 Å². The first-order chi connectivity index (χ1) is 6.36. The summed E-state index contributed by atoms with van der Waals surface area (Å²) >= 11 is 0. The third-order valence-corrected chi connectivity index (χ3v) is 2.65. The van der Waals surface area contributed by atoms with Crippen LogP contribution in [0.15, 0.2) is 12.4 Å². The van der Waals surface area contributed by atoms with Gasteiger partial charge in [0, 0.05) is 6.20 Å². The second kappa shape index (κ2) is 3.92. The molecular formula is C10H17N3. The van der Waals surface area contributed by atoms with E-state index in [2.05, 4.69) is 28.2 Å². The van der Waals surface area contributed by atoms with E-state index in [0.717, 1.165) is 13.1 Å². The van der Waals surface area contributed by atoms with Gasteiger partial charge in [0.15, 0.2) is 0 Å². The fourth-order valence-corrected chi connectivity index (χ4v) is 1.90. The molecule has 0 aliphatic carbocycles. The van der Waals surface area contributed by atoms with E-state index in [9.17, 15) is 0 Å². The van der Waals surface area contributed by atoms with Gasteiger partial charge in [-0.3, -0.25) is 4.68 Å². The highest BCUT2D eigenvalue weighted by Gasteiger charge is 2.13. The predicted octanol–water partition coefficient (Wildman–Crippen LogP) is 1.51. The van der Waals surface area contributed by atoms with Crippen LogP contribution in [0.3, 0.4) is 0 Å². The molecule has 1 aliphatic rings. The fourth-order valence-electron chi connectivity index (χ4n) is 1.90. The molecule has 0 spiro atoms. The summed E-state index contributed by atoms with van der Waals surface area (Å²) in [5.74, 6) is 0. The average molecular weight is 179 g/mol. The summed E-state index contributed by atoms with van der Waals surface area (Å²) in [6.07, 6.45) is 7.83. The van der Waals surface area contributed by atoms with Crippen LogP contribution in [-0.2, 0) is 0 Å². The molecule has 72 valence electrons. The zero-order chi connectivity index (χ0) is 9.10. The van der Waals surface area contributed by atoms with E-state index in [0.29, 0.717) is 6.04 Å². The van der Waals surface area contributed by atoms with Crippen molar-refractivity contribution in [2.24, 2.45) is 0 Å². The van der Waals surface area contributed by atoms with Gasteiger partial charge >= 0.3 is 0 Å². The van der Waals surface area contributed by atoms with Crippen molar-refractivity contribution in [3.05, 3.63) is 18.0 Å². The van der Waals surface area contributed by atoms with Gasteiger partial charge in [-0.1, -0.05) is 0 Å². The number of hydrogen-bond donors (Lipinski definition) is 1. The van der Waals surface area contributed by atoms with Crippen molar-refractivity contribution in [1.29, 1.82) is 0 Å². The number of hydrogen-bond acceptors (Lipinski definition) is 2. The summed E-state index contributed by atoms with van der Waals surface area (Å²) in [5, 5.41) is 7.78. The van der Waals surface area contributed by atoms with E-state index in [4.69, 9.17) is 0 Å². The number of aromatic nitrogens is 2. The Hall–Kier alpha value is -0.830. The lowest BCUT2D eigenvalue weighted by molar-refractivity contribution is 0.414. The van der Waals surface area contributed by atoms with Gasteiger partial charge in [0.25, 0.3) is 0 Å². The molecule has 0 amide bonds. The van der Waals surface area contributed by atoms with Crippen molar-refractivity contribution in [3.63, 3.8) is 0 Å². The molecule has 0 bridgehead atoms. The van der Waals surface area contributed by atoms with Crippen molar-refractivity contribution in [1.82, 2.24) is 15.1 Å². The molecule has 1 fully saturated rings. The Bertz CT molecular complexity index is 259. The molecule has 1 aromatic rings. The Balaban J connectivity index is 2.06. The first kappa shape index (κ1) is 8.75. The maximum atomic E-state index is 4.37. The predicted molar refractivity (Wildman–Crippen MR) is 52.7 cm³/mol. The fraction of sp³-hybridized carbons (Fsp3) is 0.700. The van der Waals surface area contributed by atoms with Crippen LogP contribution in [0, 0.1) is 6.92 Å². The third-order valence-electron chi connectivity index (χ3n) is 2.65. The van der Waals surface area contributed by atoms with Crippen LogP contribution in [0.4, 0.5) is 0 Å². The highest BCUT2D eigenvalue weighted by Crippen LogP contribution is 2.18. The van der Waals surface area contributed by atoms with E-state index in [1.54, 1.807) is 0 Å². The zero-order valence-electron chi connectivity index (χ0n) is 8.16. The molecule has 1 N–H and O–H groups in total. The van der Waals surface area contributed by atoms with Gasteiger partial charge in [-0.25, -0.2) is 0 Å². The Kier molecular flexibility index (Phi) is 2.64. The molecule has 2 heterocycles. The van der Waals surface area contributed by atoms with Gasteiger partial charge in [-0.2, -0.15) is 5.10 Å². The maximum Gasteiger partial charge on any atom is 0.0531 e. The standard InChI is InChI=1S/C10H17N3/c1-9-7-12-13(8-9)10-3-2-5-11-6-4-10/h7-8,10-11H,2-6H2,1H3. The molecule has 0 aromatic carbocycles. The second-order valence-corrected chi connectivity index (χ2v) is 3.83. The summed E-state index contributed by atoms with van der Waals surface area (Å²) in [6.45, 7) is 4.39. The van der Waals surface area contributed by atoms with Crippen molar-refractivity contribution in [2.75, 3.05) is 13.1 Å². The van der Waals surface area contributed by atoms with Gasteiger partial charge < -0.3 is 5.32 Å². The monoisotopic (exact) mass is 179 g/mol. The Morgan fingerprint density at radius 3 is 3.15 bits per heavy atom. The lowest BCUT2D eigenvalue weighted by atomic mass is 10.1. The molecule has 0 saturated carbocycles. The third kappa shape index (κ3) is 2.10. The summed E-state index contributed by atoms with van der Waals surface area (Å²) < 4.78 is 2.13. The second-order valence-electron chi connectivity index (χ2n) is 3.83. The van der Waals surface area contributed by atoms with Crippen molar-refractivity contribution in [2.45, 2.75) is 32.2 Å². The zero-order valence-corrected chi connectivity index (χ0v) is 8.16. The lowest BCUT2D eigenvalue weighted by Gasteiger charge is -2.13. The first-order valence-electron chi connectivity index (χ1n) is 5.08. The SMILES string of the molecule is Cc1cnn(C2CCCNCC2)c1. The topological polar surface area (TPSA) is 29.9 Å². The number of rotatable bonds is 1. The van der Waals surface area contributed by atoms with E-state index in [1.807, 2.05) is 6.20 Å². The molecule has 3 heteroatoms. The van der Waals surface area contributed by atoms with Crippen LogP contribution in [0.5, 0.6) is 0 Å². The molecule has 0 radical (unpaired) electrons. The average Bonchev–Trinajstić information content (AvgIpc) is 2.43. The smallest absolute Gasteiger partial charge is 0.0531 e. The Morgan fingerprint density at radius 1 is 1.46 bits per heavy atom. The van der Waals surface area contributed by atoms with Crippen LogP contribution in [-0.4, -0.2) is 22.9 Å². The molecule has 1 saturated heterocycles. The van der Waals surface area contributed by atoms with Crippen LogP contribution in [0.2, 0.25) is 0 Å². The first-order valence-corrected chi connectivity index (χ1v) is 5.08. The van der Waals surface area contributed by atoms with Crippen molar-refractivity contribution in [3.8, 4) is 0 Å². The minimum atomic E-state index is 0.615. The van der Waals surface area contributed by atoms with Crippen LogP contribution >= 0.6 is 0 Å². The minimum Gasteiger partial charge on any atom is -0.317 e. The van der Waals surface area contributed by atoms with Crippen LogP contribution < -0.4 is 5.32 Å². The van der Waals surface area contributed by atoms with Crippen molar-refractivity contribution >= 4 is 0 Å². The van der Waals surface area contributed by atoms with Gasteiger partial charge in [-0.05, 0) is 44.8 Å². The molecule has 2 rings (SSSR count). The van der Waals surface area contributed by atoms with E-state index >= 15 is 0 Å². The van der Waals surface area contributed by atoms with E-state index in [-0.39, 0.29) is 0 Å². The molecule has 3 nitrogen and oxygen atoms in total. The highest BCUT2D eigenvalue weighted by atomic mass is 15.3. The minimum absolute atomic E-state index is 0.615. The summed E-state index contributed by atoms with van der Waals surface area (Å²) in [5.41, 5.74) is 1.26. The number of nitrogens with zero attached hydrogens (tertiary/aromatic N) is 2. The quantitative estimate of drug-likeness (QED) is 0.708. The molecule has 1 aliphatic heterocycles. The Morgan fingerprint density at radius 2 is 2.38 bits per heavy atom. The summed E-state index contributed by atoms with van der Waals surface area (Å²) in [6, 6.07) is 0.615. The normalized spacial score (nSPS) is 24.2. The summed E-state index contributed by atoms with van der Waals surface area (Å²) in [7, 11) is 0. The molecule has 1 unspecified atom stereocenters. The highest BCUT2D eigenvalue weighted by molar-refractivity contribution is 5.00. The van der Waals surface area contributed by atoms with Crippen molar-refractivity contribution < 1.29 is 0 Å². The van der Waals surface area contributed by atoms with Gasteiger partial charge in [0.1, 0.15) is 0 Å². The van der Waals surface area contributed by atoms with E-state index in [1.165, 1.54) is 24.8 Å². The molecule has 1 atom stereocenters. The lowest BCUT2D eigenvalue weighted by Crippen LogP contribution is -2.15. The molecule has 1 aromatic heterocycles. The molecular weight excluding hydrogens is 162 g/mol. The number of nitrogens with one attached hydrogen (secondary N) is 1. The molecule has 13 heavy (non-hydrogen) atoms. The van der Waals surface area contributed by atoms with Gasteiger partial charge in [0.05, 0.1) is 12.2 Å².